The Labute approximate surface area is 174 Å². The Kier molecular flexibility index (Phi) is 7.97. The molecule has 0 radical (unpaired) electrons. The van der Waals surface area contributed by atoms with Crippen LogP contribution in [0.2, 0.25) is 0 Å². The predicted octanol–water partition coefficient (Wildman–Crippen LogP) is 4.57. The summed E-state index contributed by atoms with van der Waals surface area (Å²) in [5.41, 5.74) is 1.88. The average Bonchev–Trinajstić information content (AvgIpc) is 2.56. The zero-order valence-corrected chi connectivity index (χ0v) is 17.2. The van der Waals surface area contributed by atoms with Crippen LogP contribution in [0.4, 0.5) is 0 Å². The summed E-state index contributed by atoms with van der Waals surface area (Å²) in [4.78, 5) is 12.1. The Bertz CT molecular complexity index is 938. The number of phenolic OH excluding ortho intramolecular Hbond substituents is 4. The molecule has 0 saturated carbocycles. The van der Waals surface area contributed by atoms with Crippen molar-refractivity contribution in [2.45, 2.75) is 40.2 Å². The molecule has 0 heterocycles. The van der Waals surface area contributed by atoms with Gasteiger partial charge in [-0.15, -0.1) is 0 Å². The Morgan fingerprint density at radius 1 is 0.964 bits per heavy atom. The van der Waals surface area contributed by atoms with E-state index >= 15 is 0 Å². The smallest absolute Gasteiger partial charge is 0.331 e. The van der Waals surface area contributed by atoms with Crippen molar-refractivity contribution in [2.24, 2.45) is 0 Å². The molecule has 0 saturated heterocycles. The van der Waals surface area contributed by atoms with Gasteiger partial charge in [0.1, 0.15) is 29.1 Å². The van der Waals surface area contributed by atoms with E-state index in [-0.39, 0.29) is 62.8 Å². The predicted molar refractivity (Wildman–Crippen MR) is 103 cm³/mol. The summed E-state index contributed by atoms with van der Waals surface area (Å²) in [5.74, 6) is -1.89. The molecule has 0 aliphatic carbocycles. The third-order valence-electron chi connectivity index (χ3n) is 3.97. The summed E-state index contributed by atoms with van der Waals surface area (Å²) in [5, 5.41) is 40.9. The third-order valence-corrected chi connectivity index (χ3v) is 3.97. The molecule has 0 amide bonds. The number of ether oxygens (including phenoxy) is 1. The van der Waals surface area contributed by atoms with Crippen molar-refractivity contribution >= 4 is 16.7 Å². The van der Waals surface area contributed by atoms with E-state index in [1.807, 2.05) is 19.9 Å². The molecule has 2 aromatic rings. The summed E-state index contributed by atoms with van der Waals surface area (Å²) in [6, 6.07) is 3.66. The van der Waals surface area contributed by atoms with Crippen LogP contribution in [0.1, 0.15) is 45.8 Å². The first-order valence-corrected chi connectivity index (χ1v) is 8.50. The summed E-state index contributed by atoms with van der Waals surface area (Å²) < 4.78 is 5.48. The SMILES string of the molecule is CC(C)=CCC(OC(=O)C=C(C)C)c1cc(O)c2c(O)ccc(O)c2c1O.[Fe]. The van der Waals surface area contributed by atoms with E-state index in [4.69, 9.17) is 4.74 Å². The van der Waals surface area contributed by atoms with E-state index in [0.29, 0.717) is 0 Å². The minimum absolute atomic E-state index is 0. The van der Waals surface area contributed by atoms with E-state index < -0.39 is 12.1 Å². The van der Waals surface area contributed by atoms with Gasteiger partial charge in [-0.2, -0.15) is 0 Å². The molecular formula is C21H24FeO6. The van der Waals surface area contributed by atoms with Crippen LogP contribution in [-0.2, 0) is 26.6 Å². The fourth-order valence-corrected chi connectivity index (χ4v) is 2.75. The second-order valence-electron chi connectivity index (χ2n) is 6.85. The van der Waals surface area contributed by atoms with E-state index in [1.165, 1.54) is 24.3 Å². The minimum atomic E-state index is -0.889. The van der Waals surface area contributed by atoms with Crippen molar-refractivity contribution in [1.29, 1.82) is 0 Å². The number of phenols is 4. The first-order valence-electron chi connectivity index (χ1n) is 8.50. The summed E-state index contributed by atoms with van der Waals surface area (Å²) in [6.45, 7) is 7.28. The van der Waals surface area contributed by atoms with Gasteiger partial charge < -0.3 is 25.2 Å². The molecule has 152 valence electrons. The molecule has 4 N–H and O–H groups in total. The van der Waals surface area contributed by atoms with Crippen molar-refractivity contribution in [2.75, 3.05) is 0 Å². The van der Waals surface area contributed by atoms with Crippen molar-refractivity contribution in [3.63, 3.8) is 0 Å². The number of aromatic hydroxyl groups is 4. The molecule has 28 heavy (non-hydrogen) atoms. The molecule has 0 aliphatic heterocycles. The number of hydrogen-bond donors (Lipinski definition) is 4. The molecule has 7 heteroatoms. The van der Waals surface area contributed by atoms with Gasteiger partial charge in [-0.1, -0.05) is 17.2 Å². The Hall–Kier alpha value is -2.63. The second-order valence-corrected chi connectivity index (χ2v) is 6.85. The Balaban J connectivity index is 0.00000392. The maximum absolute atomic E-state index is 12.1. The summed E-state index contributed by atoms with van der Waals surface area (Å²) >= 11 is 0. The Morgan fingerprint density at radius 3 is 2.07 bits per heavy atom. The van der Waals surface area contributed by atoms with Crippen molar-refractivity contribution in [1.82, 2.24) is 0 Å². The van der Waals surface area contributed by atoms with Gasteiger partial charge in [-0.05, 0) is 45.9 Å². The van der Waals surface area contributed by atoms with Crippen molar-refractivity contribution in [3.8, 4) is 23.0 Å². The number of hydrogen-bond acceptors (Lipinski definition) is 6. The maximum Gasteiger partial charge on any atom is 0.331 e. The standard InChI is InChI=1S/C21H24O6.Fe/c1-11(2)5-8-17(27-18(25)9-12(3)4)13-10-16(24)19-14(22)6-7-15(23)20(19)21(13)26;/h5-7,9-10,17,22-24,26H,8H2,1-4H3;. The van der Waals surface area contributed by atoms with Crippen LogP contribution in [0.3, 0.4) is 0 Å². The molecule has 0 aliphatic rings. The average molecular weight is 428 g/mol. The molecular weight excluding hydrogens is 404 g/mol. The summed E-state index contributed by atoms with van der Waals surface area (Å²) in [7, 11) is 0. The van der Waals surface area contributed by atoms with Gasteiger partial charge in [0.25, 0.3) is 0 Å². The molecule has 1 atom stereocenters. The van der Waals surface area contributed by atoms with Gasteiger partial charge in [0.05, 0.1) is 10.8 Å². The number of allylic oxidation sites excluding steroid dienone is 2. The van der Waals surface area contributed by atoms with Crippen LogP contribution in [0.15, 0.2) is 41.5 Å². The maximum atomic E-state index is 12.1. The van der Waals surface area contributed by atoms with Gasteiger partial charge in [-0.25, -0.2) is 4.79 Å². The van der Waals surface area contributed by atoms with Crippen molar-refractivity contribution in [3.05, 3.63) is 47.1 Å². The molecule has 2 aromatic carbocycles. The van der Waals surface area contributed by atoms with Gasteiger partial charge >= 0.3 is 5.97 Å². The fourth-order valence-electron chi connectivity index (χ4n) is 2.75. The second kappa shape index (κ2) is 9.53. The van der Waals surface area contributed by atoms with Crippen LogP contribution in [0.5, 0.6) is 23.0 Å². The molecule has 0 aromatic heterocycles. The van der Waals surface area contributed by atoms with Crippen LogP contribution in [0, 0.1) is 0 Å². The topological polar surface area (TPSA) is 107 Å². The zero-order chi connectivity index (χ0) is 20.3. The first kappa shape index (κ1) is 23.4. The number of carbonyl (C=O) groups excluding carboxylic acids is 1. The van der Waals surface area contributed by atoms with Crippen molar-refractivity contribution < 1.29 is 47.0 Å². The van der Waals surface area contributed by atoms with Crippen LogP contribution >= 0.6 is 0 Å². The van der Waals surface area contributed by atoms with E-state index in [0.717, 1.165) is 11.1 Å². The van der Waals surface area contributed by atoms with Crippen LogP contribution < -0.4 is 0 Å². The number of rotatable bonds is 5. The molecule has 6 nitrogen and oxygen atoms in total. The molecule has 0 fully saturated rings. The normalized spacial score (nSPS) is 11.3. The van der Waals surface area contributed by atoms with Gasteiger partial charge in [0, 0.05) is 35.1 Å². The molecule has 2 rings (SSSR count). The quantitative estimate of drug-likeness (QED) is 0.183. The summed E-state index contributed by atoms with van der Waals surface area (Å²) in [6.07, 6.45) is 2.54. The number of esters is 1. The molecule has 0 spiro atoms. The van der Waals surface area contributed by atoms with Gasteiger partial charge in [0.15, 0.2) is 0 Å². The molecule has 1 unspecified atom stereocenters. The fraction of sp³-hybridized carbons (Fsp3) is 0.286. The zero-order valence-electron chi connectivity index (χ0n) is 16.1. The van der Waals surface area contributed by atoms with E-state index in [2.05, 4.69) is 0 Å². The number of carbonyl (C=O) groups is 1. The largest absolute Gasteiger partial charge is 0.507 e. The van der Waals surface area contributed by atoms with Gasteiger partial charge in [-0.3, -0.25) is 0 Å². The van der Waals surface area contributed by atoms with E-state index in [1.54, 1.807) is 13.8 Å². The van der Waals surface area contributed by atoms with Crippen LogP contribution in [0.25, 0.3) is 10.8 Å². The third kappa shape index (κ3) is 5.21. The van der Waals surface area contributed by atoms with Gasteiger partial charge in [0.2, 0.25) is 0 Å². The molecule has 0 bridgehead atoms. The van der Waals surface area contributed by atoms with Crippen LogP contribution in [-0.4, -0.2) is 26.4 Å². The first-order chi connectivity index (χ1) is 12.6. The minimum Gasteiger partial charge on any atom is -0.507 e. The Morgan fingerprint density at radius 2 is 1.54 bits per heavy atom. The van der Waals surface area contributed by atoms with E-state index in [9.17, 15) is 25.2 Å². The monoisotopic (exact) mass is 428 g/mol. The number of fused-ring (bicyclic) bond motifs is 1. The number of benzene rings is 2.